The molecule has 0 amide bonds. The molecule has 1 aromatic heterocycles. The minimum absolute atomic E-state index is 0.243. The molecule has 0 saturated heterocycles. The lowest BCUT2D eigenvalue weighted by atomic mass is 10.2. The third-order valence-electron chi connectivity index (χ3n) is 5.10. The SMILES string of the molecule is C=CCOCC(O)CN(CCC)Cc1c(C)nn(-c2ccccc2)c1Oc1ccc(F)cc1. The van der Waals surface area contributed by atoms with Crippen molar-refractivity contribution >= 4 is 0 Å². The number of hydrogen-bond acceptors (Lipinski definition) is 5. The number of aryl methyl sites for hydroxylation is 1. The van der Waals surface area contributed by atoms with E-state index in [9.17, 15) is 9.50 Å². The lowest BCUT2D eigenvalue weighted by Crippen LogP contribution is -2.35. The highest BCUT2D eigenvalue weighted by Crippen LogP contribution is 2.31. The second kappa shape index (κ2) is 12.3. The van der Waals surface area contributed by atoms with E-state index in [0.29, 0.717) is 31.3 Å². The first kappa shape index (κ1) is 24.6. The van der Waals surface area contributed by atoms with E-state index in [1.165, 1.54) is 12.1 Å². The predicted octanol–water partition coefficient (Wildman–Crippen LogP) is 4.89. The Hall–Kier alpha value is -3.00. The highest BCUT2D eigenvalue weighted by atomic mass is 19.1. The number of aromatic nitrogens is 2. The molecule has 7 heteroatoms. The first-order valence-corrected chi connectivity index (χ1v) is 11.2. The Bertz CT molecular complexity index is 1010. The van der Waals surface area contributed by atoms with Gasteiger partial charge >= 0.3 is 0 Å². The Morgan fingerprint density at radius 3 is 2.58 bits per heavy atom. The number of benzene rings is 2. The van der Waals surface area contributed by atoms with Gasteiger partial charge in [-0.1, -0.05) is 31.2 Å². The van der Waals surface area contributed by atoms with Crippen LogP contribution in [-0.2, 0) is 11.3 Å². The molecule has 1 N–H and O–H groups in total. The van der Waals surface area contributed by atoms with Gasteiger partial charge in [0.15, 0.2) is 0 Å². The van der Waals surface area contributed by atoms with Crippen molar-refractivity contribution in [2.24, 2.45) is 0 Å². The summed E-state index contributed by atoms with van der Waals surface area (Å²) >= 11 is 0. The number of para-hydroxylation sites is 1. The largest absolute Gasteiger partial charge is 0.439 e. The molecule has 6 nitrogen and oxygen atoms in total. The summed E-state index contributed by atoms with van der Waals surface area (Å²) in [5.74, 6) is 0.774. The number of hydrogen-bond donors (Lipinski definition) is 1. The normalized spacial score (nSPS) is 12.2. The summed E-state index contributed by atoms with van der Waals surface area (Å²) in [5.41, 5.74) is 2.61. The van der Waals surface area contributed by atoms with Crippen LogP contribution in [0, 0.1) is 12.7 Å². The van der Waals surface area contributed by atoms with Crippen molar-refractivity contribution < 1.29 is 19.0 Å². The quantitative estimate of drug-likeness (QED) is 0.295. The van der Waals surface area contributed by atoms with Gasteiger partial charge in [-0.25, -0.2) is 9.07 Å². The van der Waals surface area contributed by atoms with Gasteiger partial charge < -0.3 is 14.6 Å². The first-order valence-electron chi connectivity index (χ1n) is 11.2. The molecule has 1 atom stereocenters. The molecule has 0 aliphatic heterocycles. The van der Waals surface area contributed by atoms with E-state index in [2.05, 4.69) is 18.4 Å². The smallest absolute Gasteiger partial charge is 0.227 e. The Balaban J connectivity index is 1.90. The van der Waals surface area contributed by atoms with Crippen molar-refractivity contribution in [1.82, 2.24) is 14.7 Å². The van der Waals surface area contributed by atoms with Gasteiger partial charge in [0.1, 0.15) is 11.6 Å². The van der Waals surface area contributed by atoms with Crippen molar-refractivity contribution in [3.63, 3.8) is 0 Å². The standard InChI is InChI=1S/C26H32FN3O3/c1-4-15-29(17-23(31)19-32-16-5-2)18-25-20(3)28-30(22-9-7-6-8-10-22)26(25)33-24-13-11-21(27)12-14-24/h5-14,23,31H,2,4,15-19H2,1,3H3. The number of aliphatic hydroxyl groups excluding tert-OH is 1. The maximum absolute atomic E-state index is 13.4. The second-order valence-corrected chi connectivity index (χ2v) is 7.89. The summed E-state index contributed by atoms with van der Waals surface area (Å²) in [6.45, 7) is 10.1. The van der Waals surface area contributed by atoms with E-state index in [-0.39, 0.29) is 12.4 Å². The third-order valence-corrected chi connectivity index (χ3v) is 5.10. The number of nitrogens with zero attached hydrogens (tertiary/aromatic N) is 3. The molecule has 1 unspecified atom stereocenters. The zero-order chi connectivity index (χ0) is 23.6. The third kappa shape index (κ3) is 6.99. The van der Waals surface area contributed by atoms with Gasteiger partial charge in [-0.15, -0.1) is 6.58 Å². The van der Waals surface area contributed by atoms with Crippen LogP contribution in [0.25, 0.3) is 5.69 Å². The number of aliphatic hydroxyl groups is 1. The molecular weight excluding hydrogens is 421 g/mol. The van der Waals surface area contributed by atoms with Crippen molar-refractivity contribution in [2.45, 2.75) is 32.9 Å². The lowest BCUT2D eigenvalue weighted by Gasteiger charge is -2.25. The van der Waals surface area contributed by atoms with Gasteiger partial charge in [0, 0.05) is 13.1 Å². The number of rotatable bonds is 13. The van der Waals surface area contributed by atoms with Gasteiger partial charge in [0.05, 0.1) is 36.3 Å². The fraction of sp³-hybridized carbons (Fsp3) is 0.346. The van der Waals surface area contributed by atoms with Crippen LogP contribution in [0.5, 0.6) is 11.6 Å². The van der Waals surface area contributed by atoms with Gasteiger partial charge in [0.25, 0.3) is 0 Å². The van der Waals surface area contributed by atoms with E-state index >= 15 is 0 Å². The minimum Gasteiger partial charge on any atom is -0.439 e. The molecule has 33 heavy (non-hydrogen) atoms. The predicted molar refractivity (Wildman–Crippen MR) is 127 cm³/mol. The molecular formula is C26H32FN3O3. The van der Waals surface area contributed by atoms with Crippen molar-refractivity contribution in [2.75, 3.05) is 26.3 Å². The molecule has 0 fully saturated rings. The Morgan fingerprint density at radius 2 is 1.91 bits per heavy atom. The fourth-order valence-electron chi connectivity index (χ4n) is 3.60. The summed E-state index contributed by atoms with van der Waals surface area (Å²) in [6.07, 6.45) is 1.97. The van der Waals surface area contributed by atoms with Crippen LogP contribution >= 0.6 is 0 Å². The summed E-state index contributed by atoms with van der Waals surface area (Å²) in [4.78, 5) is 2.17. The summed E-state index contributed by atoms with van der Waals surface area (Å²) < 4.78 is 26.8. The first-order chi connectivity index (χ1) is 16.0. The van der Waals surface area contributed by atoms with Crippen LogP contribution < -0.4 is 4.74 Å². The van der Waals surface area contributed by atoms with E-state index < -0.39 is 6.10 Å². The Morgan fingerprint density at radius 1 is 1.18 bits per heavy atom. The fourth-order valence-corrected chi connectivity index (χ4v) is 3.60. The highest BCUT2D eigenvalue weighted by Gasteiger charge is 2.22. The summed E-state index contributed by atoms with van der Waals surface area (Å²) in [7, 11) is 0. The zero-order valence-corrected chi connectivity index (χ0v) is 19.3. The Kier molecular flexibility index (Phi) is 9.18. The molecule has 2 aromatic carbocycles. The van der Waals surface area contributed by atoms with Crippen LogP contribution in [0.4, 0.5) is 4.39 Å². The monoisotopic (exact) mass is 453 g/mol. The van der Waals surface area contributed by atoms with Crippen LogP contribution in [0.1, 0.15) is 24.6 Å². The molecule has 3 aromatic rings. The van der Waals surface area contributed by atoms with Crippen molar-refractivity contribution in [3.8, 4) is 17.3 Å². The van der Waals surface area contributed by atoms with E-state index in [0.717, 1.165) is 29.9 Å². The molecule has 0 saturated carbocycles. The molecule has 0 spiro atoms. The van der Waals surface area contributed by atoms with Crippen LogP contribution in [0.2, 0.25) is 0 Å². The van der Waals surface area contributed by atoms with Gasteiger partial charge in [-0.2, -0.15) is 5.10 Å². The summed E-state index contributed by atoms with van der Waals surface area (Å²) in [5, 5.41) is 15.2. The topological polar surface area (TPSA) is 59.8 Å². The second-order valence-electron chi connectivity index (χ2n) is 7.89. The number of halogens is 1. The van der Waals surface area contributed by atoms with Crippen LogP contribution in [-0.4, -0.2) is 52.2 Å². The molecule has 0 aliphatic rings. The number of ether oxygens (including phenoxy) is 2. The van der Waals surface area contributed by atoms with Crippen molar-refractivity contribution in [1.29, 1.82) is 0 Å². The van der Waals surface area contributed by atoms with Crippen molar-refractivity contribution in [3.05, 3.63) is 84.3 Å². The van der Waals surface area contributed by atoms with E-state index in [1.54, 1.807) is 22.9 Å². The molecule has 0 bridgehead atoms. The minimum atomic E-state index is -0.623. The van der Waals surface area contributed by atoms with Gasteiger partial charge in [-0.05, 0) is 56.3 Å². The summed E-state index contributed by atoms with van der Waals surface area (Å²) in [6, 6.07) is 15.7. The molecule has 1 heterocycles. The Labute approximate surface area is 194 Å². The zero-order valence-electron chi connectivity index (χ0n) is 19.3. The van der Waals surface area contributed by atoms with E-state index in [1.807, 2.05) is 37.3 Å². The van der Waals surface area contributed by atoms with Crippen LogP contribution in [0.15, 0.2) is 67.3 Å². The lowest BCUT2D eigenvalue weighted by molar-refractivity contribution is 0.0244. The maximum Gasteiger partial charge on any atom is 0.227 e. The maximum atomic E-state index is 13.4. The molecule has 0 radical (unpaired) electrons. The molecule has 3 rings (SSSR count). The van der Waals surface area contributed by atoms with E-state index in [4.69, 9.17) is 14.6 Å². The highest BCUT2D eigenvalue weighted by molar-refractivity contribution is 5.43. The van der Waals surface area contributed by atoms with Gasteiger partial charge in [0.2, 0.25) is 5.88 Å². The van der Waals surface area contributed by atoms with Gasteiger partial charge in [-0.3, -0.25) is 4.90 Å². The average molecular weight is 454 g/mol. The average Bonchev–Trinajstić information content (AvgIpc) is 3.11. The van der Waals surface area contributed by atoms with Crippen LogP contribution in [0.3, 0.4) is 0 Å². The molecule has 176 valence electrons. The molecule has 0 aliphatic carbocycles.